The zero-order chi connectivity index (χ0) is 22.0. The monoisotopic (exact) mass is 428 g/mol. The van der Waals surface area contributed by atoms with Crippen LogP contribution in [0.3, 0.4) is 0 Å². The van der Waals surface area contributed by atoms with E-state index in [2.05, 4.69) is 5.32 Å². The normalized spacial score (nSPS) is 23.5. The molecule has 9 heteroatoms. The Morgan fingerprint density at radius 3 is 2.52 bits per heavy atom. The summed E-state index contributed by atoms with van der Waals surface area (Å²) in [6, 6.07) is 7.19. The number of hydrogen-bond donors (Lipinski definition) is 1. The van der Waals surface area contributed by atoms with Crippen molar-refractivity contribution in [3.8, 4) is 0 Å². The SMILES string of the molecule is CCOC(=O)N1CCN(C(=O)CN2C(=O)NC3(CCCCc4ccccc43)C2=O)CC1. The van der Waals surface area contributed by atoms with E-state index in [4.69, 9.17) is 4.74 Å². The Balaban J connectivity index is 1.45. The number of aryl methyl sites for hydroxylation is 1. The number of piperazine rings is 1. The Kier molecular flexibility index (Phi) is 5.84. The Morgan fingerprint density at radius 2 is 1.77 bits per heavy atom. The van der Waals surface area contributed by atoms with Gasteiger partial charge < -0.3 is 19.9 Å². The van der Waals surface area contributed by atoms with Crippen LogP contribution in [-0.4, -0.2) is 78.0 Å². The van der Waals surface area contributed by atoms with Gasteiger partial charge in [0.1, 0.15) is 12.1 Å². The molecule has 2 fully saturated rings. The summed E-state index contributed by atoms with van der Waals surface area (Å²) in [4.78, 5) is 55.1. The number of amides is 5. The maximum absolute atomic E-state index is 13.4. The van der Waals surface area contributed by atoms with E-state index in [9.17, 15) is 19.2 Å². The van der Waals surface area contributed by atoms with Crippen molar-refractivity contribution in [2.45, 2.75) is 38.1 Å². The fraction of sp³-hybridized carbons (Fsp3) is 0.545. The molecule has 1 N–H and O–H groups in total. The minimum Gasteiger partial charge on any atom is -0.450 e. The van der Waals surface area contributed by atoms with Gasteiger partial charge in [-0.05, 0) is 43.7 Å². The second kappa shape index (κ2) is 8.56. The van der Waals surface area contributed by atoms with Crippen molar-refractivity contribution in [1.29, 1.82) is 0 Å². The number of carbonyl (C=O) groups is 4. The first kappa shape index (κ1) is 21.1. The Morgan fingerprint density at radius 1 is 1.06 bits per heavy atom. The first-order valence-electron chi connectivity index (χ1n) is 10.9. The average Bonchev–Trinajstić information content (AvgIpc) is 2.91. The molecule has 166 valence electrons. The van der Waals surface area contributed by atoms with E-state index in [1.807, 2.05) is 24.3 Å². The summed E-state index contributed by atoms with van der Waals surface area (Å²) in [6.07, 6.45) is 2.77. The van der Waals surface area contributed by atoms with Crippen LogP contribution in [0.2, 0.25) is 0 Å². The molecular weight excluding hydrogens is 400 g/mol. The number of imide groups is 1. The highest BCUT2D eigenvalue weighted by molar-refractivity contribution is 6.09. The van der Waals surface area contributed by atoms with Crippen molar-refractivity contribution >= 4 is 23.9 Å². The summed E-state index contributed by atoms with van der Waals surface area (Å²) in [5, 5.41) is 2.91. The molecule has 5 amide bonds. The predicted molar refractivity (Wildman–Crippen MR) is 111 cm³/mol. The molecule has 2 saturated heterocycles. The van der Waals surface area contributed by atoms with Gasteiger partial charge in [0.05, 0.1) is 6.61 Å². The van der Waals surface area contributed by atoms with E-state index in [-0.39, 0.29) is 18.4 Å². The summed E-state index contributed by atoms with van der Waals surface area (Å²) in [6.45, 7) is 3.16. The Labute approximate surface area is 181 Å². The van der Waals surface area contributed by atoms with E-state index < -0.39 is 17.7 Å². The molecule has 0 radical (unpaired) electrons. The van der Waals surface area contributed by atoms with Gasteiger partial charge in [0.2, 0.25) is 5.91 Å². The maximum atomic E-state index is 13.4. The van der Waals surface area contributed by atoms with Crippen molar-refractivity contribution in [1.82, 2.24) is 20.0 Å². The Hall–Kier alpha value is -3.10. The van der Waals surface area contributed by atoms with Crippen LogP contribution in [0.5, 0.6) is 0 Å². The molecule has 1 spiro atoms. The van der Waals surface area contributed by atoms with Crippen LogP contribution < -0.4 is 5.32 Å². The second-order valence-electron chi connectivity index (χ2n) is 8.16. The van der Waals surface area contributed by atoms with Crippen LogP contribution in [0.25, 0.3) is 0 Å². The number of urea groups is 1. The van der Waals surface area contributed by atoms with Gasteiger partial charge in [-0.3, -0.25) is 14.5 Å². The summed E-state index contributed by atoms with van der Waals surface area (Å²) in [5.74, 6) is -0.656. The smallest absolute Gasteiger partial charge is 0.409 e. The van der Waals surface area contributed by atoms with E-state index in [1.165, 1.54) is 0 Å². The molecule has 2 aliphatic heterocycles. The Bertz CT molecular complexity index is 896. The minimum atomic E-state index is -1.09. The largest absolute Gasteiger partial charge is 0.450 e. The highest BCUT2D eigenvalue weighted by Crippen LogP contribution is 2.38. The molecule has 4 rings (SSSR count). The van der Waals surface area contributed by atoms with Crippen molar-refractivity contribution in [3.63, 3.8) is 0 Å². The number of nitrogens with one attached hydrogen (secondary N) is 1. The summed E-state index contributed by atoms with van der Waals surface area (Å²) in [7, 11) is 0. The lowest BCUT2D eigenvalue weighted by molar-refractivity contribution is -0.140. The second-order valence-corrected chi connectivity index (χ2v) is 8.16. The molecular formula is C22H28N4O5. The zero-order valence-electron chi connectivity index (χ0n) is 17.8. The topological polar surface area (TPSA) is 99.3 Å². The highest BCUT2D eigenvalue weighted by Gasteiger charge is 2.53. The van der Waals surface area contributed by atoms with E-state index in [0.29, 0.717) is 39.2 Å². The summed E-state index contributed by atoms with van der Waals surface area (Å²) < 4.78 is 4.99. The van der Waals surface area contributed by atoms with Gasteiger partial charge in [-0.2, -0.15) is 0 Å². The van der Waals surface area contributed by atoms with Crippen molar-refractivity contribution in [2.24, 2.45) is 0 Å². The van der Waals surface area contributed by atoms with Gasteiger partial charge in [0, 0.05) is 26.2 Å². The van der Waals surface area contributed by atoms with Crippen molar-refractivity contribution in [2.75, 3.05) is 39.3 Å². The first-order valence-corrected chi connectivity index (χ1v) is 10.9. The number of nitrogens with zero attached hydrogens (tertiary/aromatic N) is 3. The molecule has 1 aromatic carbocycles. The molecule has 0 aromatic heterocycles. The third kappa shape index (κ3) is 3.84. The van der Waals surface area contributed by atoms with Crippen LogP contribution in [0.15, 0.2) is 24.3 Å². The number of fused-ring (bicyclic) bond motifs is 2. The molecule has 31 heavy (non-hydrogen) atoms. The van der Waals surface area contributed by atoms with Gasteiger partial charge >= 0.3 is 12.1 Å². The van der Waals surface area contributed by atoms with Crippen molar-refractivity contribution in [3.05, 3.63) is 35.4 Å². The third-order valence-electron chi connectivity index (χ3n) is 6.35. The van der Waals surface area contributed by atoms with Gasteiger partial charge in [-0.15, -0.1) is 0 Å². The summed E-state index contributed by atoms with van der Waals surface area (Å²) in [5.41, 5.74) is 0.813. The first-order chi connectivity index (χ1) is 15.0. The lowest BCUT2D eigenvalue weighted by atomic mass is 9.84. The molecule has 0 bridgehead atoms. The molecule has 1 atom stereocenters. The molecule has 1 aromatic rings. The molecule has 2 heterocycles. The average molecular weight is 428 g/mol. The zero-order valence-corrected chi connectivity index (χ0v) is 17.8. The lowest BCUT2D eigenvalue weighted by Crippen LogP contribution is -2.53. The van der Waals surface area contributed by atoms with Crippen molar-refractivity contribution < 1.29 is 23.9 Å². The van der Waals surface area contributed by atoms with E-state index >= 15 is 0 Å². The maximum Gasteiger partial charge on any atom is 0.409 e. The molecule has 9 nitrogen and oxygen atoms in total. The van der Waals surface area contributed by atoms with Crippen LogP contribution in [0, 0.1) is 0 Å². The van der Waals surface area contributed by atoms with Gasteiger partial charge in [-0.25, -0.2) is 9.59 Å². The van der Waals surface area contributed by atoms with E-state index in [0.717, 1.165) is 35.3 Å². The van der Waals surface area contributed by atoms with Gasteiger partial charge in [-0.1, -0.05) is 24.3 Å². The molecule has 3 aliphatic rings. The quantitative estimate of drug-likeness (QED) is 0.735. The predicted octanol–water partition coefficient (Wildman–Crippen LogP) is 1.46. The number of rotatable bonds is 3. The lowest BCUT2D eigenvalue weighted by Gasteiger charge is -2.34. The number of carbonyl (C=O) groups excluding carboxylic acids is 4. The third-order valence-corrected chi connectivity index (χ3v) is 6.35. The summed E-state index contributed by atoms with van der Waals surface area (Å²) >= 11 is 0. The fourth-order valence-electron chi connectivity index (χ4n) is 4.71. The standard InChI is InChI=1S/C22H28N4O5/c1-2-31-21(30)25-13-11-24(12-14-25)18(27)15-26-19(28)22(23-20(26)29)10-6-5-8-16-7-3-4-9-17(16)22/h3-4,7,9H,2,5-6,8,10-15H2,1H3,(H,23,29). The number of ether oxygens (including phenoxy) is 1. The van der Waals surface area contributed by atoms with Gasteiger partial charge in [0.15, 0.2) is 0 Å². The molecule has 0 saturated carbocycles. The molecule has 1 unspecified atom stereocenters. The number of hydrogen-bond acceptors (Lipinski definition) is 5. The number of benzene rings is 1. The van der Waals surface area contributed by atoms with Crippen LogP contribution >= 0.6 is 0 Å². The molecule has 1 aliphatic carbocycles. The van der Waals surface area contributed by atoms with E-state index in [1.54, 1.807) is 16.7 Å². The van der Waals surface area contributed by atoms with Gasteiger partial charge in [0.25, 0.3) is 5.91 Å². The van der Waals surface area contributed by atoms with Crippen LogP contribution in [0.4, 0.5) is 9.59 Å². The van der Waals surface area contributed by atoms with Crippen LogP contribution in [-0.2, 0) is 26.3 Å². The fourth-order valence-corrected chi connectivity index (χ4v) is 4.71. The van der Waals surface area contributed by atoms with Crippen LogP contribution in [0.1, 0.15) is 37.3 Å². The highest BCUT2D eigenvalue weighted by atomic mass is 16.6. The minimum absolute atomic E-state index is 0.298.